The molecule has 1 N–H and O–H groups in total. The number of aromatic nitrogens is 4. The number of rotatable bonds is 4. The van der Waals surface area contributed by atoms with Crippen LogP contribution in [-0.4, -0.2) is 32.9 Å². The zero-order valence-electron chi connectivity index (χ0n) is 10.1. The van der Waals surface area contributed by atoms with Crippen molar-refractivity contribution in [3.8, 4) is 5.69 Å². The molecule has 1 aromatic heterocycles. The quantitative estimate of drug-likeness (QED) is 0.922. The van der Waals surface area contributed by atoms with Crippen molar-refractivity contribution < 1.29 is 13.2 Å². The molecule has 8 heteroatoms. The summed E-state index contributed by atoms with van der Waals surface area (Å²) in [5.41, 5.74) is 0.697. The van der Waals surface area contributed by atoms with Gasteiger partial charge in [0.1, 0.15) is 0 Å². The van der Waals surface area contributed by atoms with E-state index in [0.29, 0.717) is 11.5 Å². The molecule has 0 aliphatic carbocycles. The van der Waals surface area contributed by atoms with Gasteiger partial charge in [-0.25, -0.2) is 0 Å². The van der Waals surface area contributed by atoms with Crippen molar-refractivity contribution >= 4 is 0 Å². The van der Waals surface area contributed by atoms with Gasteiger partial charge in [-0.2, -0.15) is 17.9 Å². The minimum Gasteiger partial charge on any atom is -0.299 e. The summed E-state index contributed by atoms with van der Waals surface area (Å²) in [6.45, 7) is 0.493. The smallest absolute Gasteiger partial charge is 0.299 e. The van der Waals surface area contributed by atoms with Gasteiger partial charge >= 0.3 is 6.18 Å². The van der Waals surface area contributed by atoms with Crippen LogP contribution in [0.3, 0.4) is 0 Å². The lowest BCUT2D eigenvalue weighted by molar-refractivity contribution is -0.126. The van der Waals surface area contributed by atoms with Crippen LogP contribution in [-0.2, 0) is 0 Å². The molecule has 1 heterocycles. The topological polar surface area (TPSA) is 55.6 Å². The minimum absolute atomic E-state index is 0.329. The van der Waals surface area contributed by atoms with E-state index < -0.39 is 18.8 Å². The predicted molar refractivity (Wildman–Crippen MR) is 61.6 cm³/mol. The van der Waals surface area contributed by atoms with Crippen LogP contribution >= 0.6 is 0 Å². The van der Waals surface area contributed by atoms with Crippen molar-refractivity contribution in [3.05, 3.63) is 36.2 Å². The van der Waals surface area contributed by atoms with Gasteiger partial charge in [-0.1, -0.05) is 18.2 Å². The molecule has 1 aromatic carbocycles. The average molecular weight is 271 g/mol. The van der Waals surface area contributed by atoms with E-state index >= 15 is 0 Å². The van der Waals surface area contributed by atoms with E-state index in [4.69, 9.17) is 0 Å². The molecule has 0 bridgehead atoms. The van der Waals surface area contributed by atoms with Crippen molar-refractivity contribution in [3.63, 3.8) is 0 Å². The largest absolute Gasteiger partial charge is 0.401 e. The Morgan fingerprint density at radius 3 is 2.58 bits per heavy atom. The zero-order chi connectivity index (χ0) is 13.9. The number of tetrazole rings is 1. The lowest BCUT2D eigenvalue weighted by atomic mass is 10.3. The van der Waals surface area contributed by atoms with Gasteiger partial charge in [-0.05, 0) is 29.5 Å². The summed E-state index contributed by atoms with van der Waals surface area (Å²) in [5.74, 6) is 0.329. The van der Waals surface area contributed by atoms with Gasteiger partial charge < -0.3 is 0 Å². The van der Waals surface area contributed by atoms with E-state index in [1.165, 1.54) is 4.68 Å². The Morgan fingerprint density at radius 2 is 1.95 bits per heavy atom. The summed E-state index contributed by atoms with van der Waals surface area (Å²) in [4.78, 5) is 0. The molecule has 0 radical (unpaired) electrons. The second-order valence-corrected chi connectivity index (χ2v) is 4.00. The van der Waals surface area contributed by atoms with Crippen LogP contribution in [0.25, 0.3) is 5.69 Å². The third kappa shape index (κ3) is 3.50. The number of nitrogens with one attached hydrogen (secondary N) is 1. The SMILES string of the molecule is CC(NCC(F)(F)F)c1nnnn1-c1ccccc1. The number of benzene rings is 1. The minimum atomic E-state index is -4.26. The second kappa shape index (κ2) is 5.35. The molecule has 0 amide bonds. The maximum atomic E-state index is 12.2. The first-order valence-corrected chi connectivity index (χ1v) is 5.61. The van der Waals surface area contributed by atoms with Crippen molar-refractivity contribution in [2.24, 2.45) is 0 Å². The van der Waals surface area contributed by atoms with Crippen molar-refractivity contribution in [2.45, 2.75) is 19.1 Å². The summed E-state index contributed by atoms with van der Waals surface area (Å²) in [7, 11) is 0. The second-order valence-electron chi connectivity index (χ2n) is 4.00. The molecule has 0 saturated heterocycles. The van der Waals surface area contributed by atoms with Crippen LogP contribution in [0.15, 0.2) is 30.3 Å². The molecule has 2 rings (SSSR count). The van der Waals surface area contributed by atoms with Gasteiger partial charge in [0, 0.05) is 0 Å². The van der Waals surface area contributed by atoms with Gasteiger partial charge in [0.25, 0.3) is 0 Å². The summed E-state index contributed by atoms with van der Waals surface area (Å²) < 4.78 is 37.9. The van der Waals surface area contributed by atoms with Crippen LogP contribution in [0.1, 0.15) is 18.8 Å². The Morgan fingerprint density at radius 1 is 1.26 bits per heavy atom. The van der Waals surface area contributed by atoms with Crippen LogP contribution in [0.4, 0.5) is 13.2 Å². The maximum absolute atomic E-state index is 12.2. The highest BCUT2D eigenvalue weighted by Crippen LogP contribution is 2.17. The number of nitrogens with zero attached hydrogens (tertiary/aromatic N) is 4. The van der Waals surface area contributed by atoms with Crippen molar-refractivity contribution in [1.29, 1.82) is 0 Å². The fraction of sp³-hybridized carbons (Fsp3) is 0.364. The molecule has 0 saturated carbocycles. The summed E-state index contributed by atoms with van der Waals surface area (Å²) >= 11 is 0. The molecule has 2 aromatic rings. The highest BCUT2D eigenvalue weighted by Gasteiger charge is 2.28. The van der Waals surface area contributed by atoms with Crippen LogP contribution in [0, 0.1) is 0 Å². The first-order chi connectivity index (χ1) is 8.97. The molecule has 5 nitrogen and oxygen atoms in total. The molecule has 1 atom stereocenters. The van der Waals surface area contributed by atoms with Gasteiger partial charge in [-0.15, -0.1) is 5.10 Å². The van der Waals surface area contributed by atoms with E-state index in [2.05, 4.69) is 20.8 Å². The summed E-state index contributed by atoms with van der Waals surface area (Å²) in [6.07, 6.45) is -4.26. The summed E-state index contributed by atoms with van der Waals surface area (Å²) in [6, 6.07) is 8.37. The Kier molecular flexibility index (Phi) is 3.79. The summed E-state index contributed by atoms with van der Waals surface area (Å²) in [5, 5.41) is 13.4. The van der Waals surface area contributed by atoms with Crippen molar-refractivity contribution in [2.75, 3.05) is 6.54 Å². The van der Waals surface area contributed by atoms with E-state index in [-0.39, 0.29) is 0 Å². The van der Waals surface area contributed by atoms with Crippen LogP contribution in [0.5, 0.6) is 0 Å². The third-order valence-corrected chi connectivity index (χ3v) is 2.49. The fourth-order valence-electron chi connectivity index (χ4n) is 1.58. The molecular formula is C11H12F3N5. The Balaban J connectivity index is 2.16. The first kappa shape index (κ1) is 13.5. The molecular weight excluding hydrogens is 259 g/mol. The first-order valence-electron chi connectivity index (χ1n) is 5.61. The molecule has 0 aliphatic heterocycles. The van der Waals surface area contributed by atoms with Crippen molar-refractivity contribution in [1.82, 2.24) is 25.5 Å². The third-order valence-electron chi connectivity index (χ3n) is 2.49. The molecule has 0 aliphatic rings. The number of alkyl halides is 3. The normalized spacial score (nSPS) is 13.5. The Bertz CT molecular complexity index is 523. The Labute approximate surface area is 107 Å². The van der Waals surface area contributed by atoms with Crippen LogP contribution in [0.2, 0.25) is 0 Å². The molecule has 0 spiro atoms. The number of para-hydroxylation sites is 1. The van der Waals surface area contributed by atoms with Crippen LogP contribution < -0.4 is 5.32 Å². The molecule has 1 unspecified atom stereocenters. The Hall–Kier alpha value is -1.96. The van der Waals surface area contributed by atoms with Gasteiger partial charge in [0.15, 0.2) is 5.82 Å². The maximum Gasteiger partial charge on any atom is 0.401 e. The van der Waals surface area contributed by atoms with Gasteiger partial charge in [-0.3, -0.25) is 5.32 Å². The number of hydrogen-bond donors (Lipinski definition) is 1. The standard InChI is InChI=1S/C11H12F3N5/c1-8(15-7-11(12,13)14)10-16-17-18-19(10)9-5-3-2-4-6-9/h2-6,8,15H,7H2,1H3. The number of halogens is 3. The number of hydrogen-bond acceptors (Lipinski definition) is 4. The van der Waals surface area contributed by atoms with E-state index in [9.17, 15) is 13.2 Å². The lowest BCUT2D eigenvalue weighted by Crippen LogP contribution is -2.32. The highest BCUT2D eigenvalue weighted by atomic mass is 19.4. The monoisotopic (exact) mass is 271 g/mol. The van der Waals surface area contributed by atoms with Gasteiger partial charge in [0.2, 0.25) is 0 Å². The fourth-order valence-corrected chi connectivity index (χ4v) is 1.58. The average Bonchev–Trinajstić information content (AvgIpc) is 2.85. The molecule has 19 heavy (non-hydrogen) atoms. The predicted octanol–water partition coefficient (Wildman–Crippen LogP) is 1.88. The molecule has 102 valence electrons. The lowest BCUT2D eigenvalue weighted by Gasteiger charge is -2.14. The van der Waals surface area contributed by atoms with E-state index in [1.807, 2.05) is 6.07 Å². The zero-order valence-corrected chi connectivity index (χ0v) is 10.1. The highest BCUT2D eigenvalue weighted by molar-refractivity contribution is 5.30. The van der Waals surface area contributed by atoms with Gasteiger partial charge in [0.05, 0.1) is 18.3 Å². The van der Waals surface area contributed by atoms with E-state index in [1.54, 1.807) is 31.2 Å². The van der Waals surface area contributed by atoms with E-state index in [0.717, 1.165) is 0 Å². The molecule has 0 fully saturated rings.